The average Bonchev–Trinajstić information content (AvgIpc) is 2.22. The Kier molecular flexibility index (Phi) is 3.40. The fraction of sp³-hybridized carbons (Fsp3) is 0.250. The first kappa shape index (κ1) is 11.7. The van der Waals surface area contributed by atoms with Crippen LogP contribution in [0.15, 0.2) is 39.7 Å². The molecular formula is C12H12BrNOS. The summed E-state index contributed by atoms with van der Waals surface area (Å²) in [6.07, 6.45) is 0. The van der Waals surface area contributed by atoms with Gasteiger partial charge in [-0.15, -0.1) is 11.8 Å². The molecule has 0 aliphatic carbocycles. The lowest BCUT2D eigenvalue weighted by Crippen LogP contribution is -2.36. The van der Waals surface area contributed by atoms with Crippen molar-refractivity contribution < 1.29 is 4.79 Å². The van der Waals surface area contributed by atoms with Crippen molar-refractivity contribution in [2.45, 2.75) is 11.8 Å². The molecule has 1 aliphatic heterocycles. The summed E-state index contributed by atoms with van der Waals surface area (Å²) in [6, 6.07) is 6.03. The highest BCUT2D eigenvalue weighted by atomic mass is 79.9. The number of carbonyl (C=O) groups is 1. The summed E-state index contributed by atoms with van der Waals surface area (Å²) in [6.45, 7) is 6.40. The van der Waals surface area contributed by atoms with E-state index >= 15 is 0 Å². The van der Waals surface area contributed by atoms with E-state index in [2.05, 4.69) is 22.5 Å². The second kappa shape index (κ2) is 4.63. The van der Waals surface area contributed by atoms with Crippen molar-refractivity contribution >= 4 is 39.3 Å². The van der Waals surface area contributed by atoms with E-state index in [1.54, 1.807) is 16.7 Å². The molecule has 1 aliphatic rings. The number of hydrogen-bond donors (Lipinski definition) is 0. The minimum Gasteiger partial charge on any atom is -0.306 e. The van der Waals surface area contributed by atoms with Crippen molar-refractivity contribution in [2.24, 2.45) is 0 Å². The van der Waals surface area contributed by atoms with E-state index in [4.69, 9.17) is 0 Å². The van der Waals surface area contributed by atoms with Gasteiger partial charge in [0, 0.05) is 15.9 Å². The number of rotatable bonds is 2. The van der Waals surface area contributed by atoms with Crippen LogP contribution in [0, 0.1) is 0 Å². The molecule has 16 heavy (non-hydrogen) atoms. The first-order valence-corrected chi connectivity index (χ1v) is 6.73. The maximum atomic E-state index is 11.9. The molecule has 0 saturated heterocycles. The van der Waals surface area contributed by atoms with Gasteiger partial charge in [0.15, 0.2) is 0 Å². The van der Waals surface area contributed by atoms with E-state index in [0.29, 0.717) is 12.3 Å². The zero-order valence-electron chi connectivity index (χ0n) is 9.00. The molecule has 1 heterocycles. The van der Waals surface area contributed by atoms with Gasteiger partial charge in [0.1, 0.15) is 0 Å². The number of carbonyl (C=O) groups excluding carboxylic acids is 1. The van der Waals surface area contributed by atoms with Crippen LogP contribution in [-0.2, 0) is 4.79 Å². The summed E-state index contributed by atoms with van der Waals surface area (Å²) in [4.78, 5) is 14.8. The van der Waals surface area contributed by atoms with Gasteiger partial charge >= 0.3 is 0 Å². The van der Waals surface area contributed by atoms with Gasteiger partial charge in [-0.2, -0.15) is 0 Å². The first-order valence-electron chi connectivity index (χ1n) is 4.95. The summed E-state index contributed by atoms with van der Waals surface area (Å²) in [7, 11) is 0. The molecule has 0 fully saturated rings. The fourth-order valence-corrected chi connectivity index (χ4v) is 2.88. The molecule has 2 nitrogen and oxygen atoms in total. The smallest absolute Gasteiger partial charge is 0.237 e. The van der Waals surface area contributed by atoms with E-state index < -0.39 is 0 Å². The third kappa shape index (κ3) is 2.33. The van der Waals surface area contributed by atoms with Crippen LogP contribution >= 0.6 is 27.7 Å². The number of benzene rings is 1. The second-order valence-electron chi connectivity index (χ2n) is 3.84. The lowest BCUT2D eigenvalue weighted by molar-refractivity contribution is -0.116. The normalized spacial score (nSPS) is 14.9. The monoisotopic (exact) mass is 297 g/mol. The van der Waals surface area contributed by atoms with Crippen LogP contribution in [0.5, 0.6) is 0 Å². The Balaban J connectivity index is 2.42. The van der Waals surface area contributed by atoms with Gasteiger partial charge in [0.25, 0.3) is 0 Å². The molecule has 1 aromatic carbocycles. The lowest BCUT2D eigenvalue weighted by Gasteiger charge is -2.29. The molecule has 0 aromatic heterocycles. The van der Waals surface area contributed by atoms with Gasteiger partial charge in [0.05, 0.1) is 11.4 Å². The van der Waals surface area contributed by atoms with Crippen molar-refractivity contribution in [3.8, 4) is 0 Å². The van der Waals surface area contributed by atoms with Gasteiger partial charge in [-0.3, -0.25) is 4.79 Å². The van der Waals surface area contributed by atoms with Crippen LogP contribution in [0.25, 0.3) is 0 Å². The number of anilines is 1. The molecule has 2 rings (SSSR count). The summed E-state index contributed by atoms with van der Waals surface area (Å²) >= 11 is 5.03. The molecule has 0 N–H and O–H groups in total. The number of hydrogen-bond acceptors (Lipinski definition) is 2. The summed E-state index contributed by atoms with van der Waals surface area (Å²) in [5.74, 6) is 0.667. The minimum absolute atomic E-state index is 0.151. The first-order chi connectivity index (χ1) is 7.58. The molecule has 4 heteroatoms. The molecule has 0 radical (unpaired) electrons. The van der Waals surface area contributed by atoms with Gasteiger partial charge in [0.2, 0.25) is 5.91 Å². The molecule has 1 amide bonds. The topological polar surface area (TPSA) is 20.3 Å². The fourth-order valence-electron chi connectivity index (χ4n) is 1.62. The number of amides is 1. The predicted octanol–water partition coefficient (Wildman–Crippen LogP) is 3.46. The van der Waals surface area contributed by atoms with Crippen LogP contribution in [0.1, 0.15) is 6.92 Å². The molecular weight excluding hydrogens is 286 g/mol. The van der Waals surface area contributed by atoms with Crippen LogP contribution in [0.3, 0.4) is 0 Å². The molecule has 0 spiro atoms. The van der Waals surface area contributed by atoms with Gasteiger partial charge < -0.3 is 4.90 Å². The number of nitrogens with zero attached hydrogens (tertiary/aromatic N) is 1. The largest absolute Gasteiger partial charge is 0.306 e. The average molecular weight is 298 g/mol. The van der Waals surface area contributed by atoms with E-state index in [1.165, 1.54) is 0 Å². The second-order valence-corrected chi connectivity index (χ2v) is 5.77. The van der Waals surface area contributed by atoms with E-state index in [-0.39, 0.29) is 5.91 Å². The molecule has 0 atom stereocenters. The van der Waals surface area contributed by atoms with E-state index in [9.17, 15) is 4.79 Å². The quantitative estimate of drug-likeness (QED) is 0.779. The SMILES string of the molecule is C=C(C)CN1C(=O)CSc2ccc(Br)cc21. The molecule has 0 unspecified atom stereocenters. The van der Waals surface area contributed by atoms with Crippen molar-refractivity contribution in [1.82, 2.24) is 0 Å². The van der Waals surface area contributed by atoms with Crippen LogP contribution in [0.4, 0.5) is 5.69 Å². The van der Waals surface area contributed by atoms with Crippen LogP contribution in [0.2, 0.25) is 0 Å². The van der Waals surface area contributed by atoms with Gasteiger partial charge in [-0.25, -0.2) is 0 Å². The highest BCUT2D eigenvalue weighted by Gasteiger charge is 2.24. The zero-order chi connectivity index (χ0) is 11.7. The summed E-state index contributed by atoms with van der Waals surface area (Å²) in [5, 5.41) is 0. The van der Waals surface area contributed by atoms with Gasteiger partial charge in [-0.1, -0.05) is 28.1 Å². The van der Waals surface area contributed by atoms with Crippen molar-refractivity contribution in [2.75, 3.05) is 17.2 Å². The Bertz CT molecular complexity index is 458. The number of thioether (sulfide) groups is 1. The molecule has 84 valence electrons. The summed E-state index contributed by atoms with van der Waals surface area (Å²) in [5.41, 5.74) is 1.98. The van der Waals surface area contributed by atoms with Crippen molar-refractivity contribution in [3.63, 3.8) is 0 Å². The van der Waals surface area contributed by atoms with Crippen molar-refractivity contribution in [1.29, 1.82) is 0 Å². The Morgan fingerprint density at radius 2 is 2.38 bits per heavy atom. The standard InChI is InChI=1S/C12H12BrNOS/c1-8(2)6-14-10-5-9(13)3-4-11(10)16-7-12(14)15/h3-5H,1,6-7H2,2H3. The predicted molar refractivity (Wildman–Crippen MR) is 72.0 cm³/mol. The van der Waals surface area contributed by atoms with E-state index in [0.717, 1.165) is 20.6 Å². The minimum atomic E-state index is 0.151. The lowest BCUT2D eigenvalue weighted by atomic mass is 10.2. The Labute approximate surface area is 108 Å². The number of fused-ring (bicyclic) bond motifs is 1. The molecule has 1 aromatic rings. The molecule has 0 bridgehead atoms. The third-order valence-corrected chi connectivity index (χ3v) is 3.83. The Morgan fingerprint density at radius 1 is 1.62 bits per heavy atom. The highest BCUT2D eigenvalue weighted by molar-refractivity contribution is 9.10. The van der Waals surface area contributed by atoms with Crippen LogP contribution in [-0.4, -0.2) is 18.2 Å². The zero-order valence-corrected chi connectivity index (χ0v) is 11.4. The van der Waals surface area contributed by atoms with Gasteiger partial charge in [-0.05, 0) is 25.1 Å². The molecule has 0 saturated carbocycles. The Morgan fingerprint density at radius 3 is 3.06 bits per heavy atom. The van der Waals surface area contributed by atoms with Crippen molar-refractivity contribution in [3.05, 3.63) is 34.8 Å². The highest BCUT2D eigenvalue weighted by Crippen LogP contribution is 2.37. The Hall–Kier alpha value is -0.740. The van der Waals surface area contributed by atoms with E-state index in [1.807, 2.05) is 25.1 Å². The number of halogens is 1. The maximum absolute atomic E-state index is 11.9. The third-order valence-electron chi connectivity index (χ3n) is 2.29. The van der Waals surface area contributed by atoms with Crippen LogP contribution < -0.4 is 4.90 Å². The maximum Gasteiger partial charge on any atom is 0.237 e. The summed E-state index contributed by atoms with van der Waals surface area (Å²) < 4.78 is 0.994.